The van der Waals surface area contributed by atoms with Gasteiger partial charge in [-0.05, 0) is 56.0 Å². The van der Waals surface area contributed by atoms with E-state index >= 15 is 0 Å². The van der Waals surface area contributed by atoms with Crippen LogP contribution in [-0.2, 0) is 21.7 Å². The fourth-order valence-corrected chi connectivity index (χ4v) is 3.67. The lowest BCUT2D eigenvalue weighted by Crippen LogP contribution is -2.40. The van der Waals surface area contributed by atoms with Crippen molar-refractivity contribution in [2.45, 2.75) is 38.4 Å². The van der Waals surface area contributed by atoms with Gasteiger partial charge in [0, 0.05) is 0 Å². The first kappa shape index (κ1) is 19.3. The molecule has 1 saturated carbocycles. The minimum atomic E-state index is -0.636. The molecule has 0 aliphatic heterocycles. The Morgan fingerprint density at radius 3 is 2.48 bits per heavy atom. The van der Waals surface area contributed by atoms with Crippen molar-refractivity contribution in [3.63, 3.8) is 0 Å². The first-order valence-electron chi connectivity index (χ1n) is 9.82. The molecule has 5 nitrogen and oxygen atoms in total. The van der Waals surface area contributed by atoms with Gasteiger partial charge in [0.05, 0.1) is 30.8 Å². The molecule has 6 heteroatoms. The first-order valence-corrected chi connectivity index (χ1v) is 9.82. The fourth-order valence-electron chi connectivity index (χ4n) is 3.67. The van der Waals surface area contributed by atoms with Gasteiger partial charge < -0.3 is 9.47 Å². The number of ether oxygens (including phenoxy) is 2. The van der Waals surface area contributed by atoms with E-state index in [0.29, 0.717) is 23.6 Å². The largest absolute Gasteiger partial charge is 0.462 e. The van der Waals surface area contributed by atoms with Gasteiger partial charge in [-0.3, -0.25) is 0 Å². The van der Waals surface area contributed by atoms with Gasteiger partial charge in [-0.1, -0.05) is 30.3 Å². The molecule has 0 atom stereocenters. The number of nitrogens with zero attached hydrogens (tertiary/aromatic N) is 2. The lowest BCUT2D eigenvalue weighted by atomic mass is 9.76. The molecule has 1 heterocycles. The van der Waals surface area contributed by atoms with E-state index in [2.05, 4.69) is 5.10 Å². The van der Waals surface area contributed by atoms with E-state index in [-0.39, 0.29) is 12.4 Å². The maximum atomic E-state index is 13.4. The molecule has 0 bridgehead atoms. The Balaban J connectivity index is 1.75. The highest BCUT2D eigenvalue weighted by molar-refractivity contribution is 5.91. The normalized spacial score (nSPS) is 15.0. The van der Waals surface area contributed by atoms with E-state index in [1.54, 1.807) is 23.7 Å². The van der Waals surface area contributed by atoms with Gasteiger partial charge in [0.15, 0.2) is 0 Å². The summed E-state index contributed by atoms with van der Waals surface area (Å²) in [6.07, 6.45) is 4.06. The van der Waals surface area contributed by atoms with Crippen molar-refractivity contribution >= 4 is 5.97 Å². The van der Waals surface area contributed by atoms with Crippen LogP contribution < -0.4 is 0 Å². The molecule has 1 aliphatic rings. The van der Waals surface area contributed by atoms with E-state index in [4.69, 9.17) is 9.47 Å². The number of aromatic nitrogens is 2. The summed E-state index contributed by atoms with van der Waals surface area (Å²) in [6.45, 7) is 2.47. The van der Waals surface area contributed by atoms with Gasteiger partial charge in [-0.15, -0.1) is 0 Å². The van der Waals surface area contributed by atoms with Crippen LogP contribution >= 0.6 is 0 Å². The van der Waals surface area contributed by atoms with Crippen LogP contribution in [0.5, 0.6) is 0 Å². The second kappa shape index (κ2) is 8.17. The minimum Gasteiger partial charge on any atom is -0.462 e. The maximum Gasteiger partial charge on any atom is 0.341 e. The van der Waals surface area contributed by atoms with E-state index in [1.165, 1.54) is 18.3 Å². The minimum absolute atomic E-state index is 0.276. The molecule has 150 valence electrons. The molecule has 0 unspecified atom stereocenters. The lowest BCUT2D eigenvalue weighted by Gasteiger charge is -2.42. The summed E-state index contributed by atoms with van der Waals surface area (Å²) in [4.78, 5) is 12.6. The number of halogens is 1. The number of hydrogen-bond acceptors (Lipinski definition) is 4. The van der Waals surface area contributed by atoms with Gasteiger partial charge >= 0.3 is 5.97 Å². The monoisotopic (exact) mass is 394 g/mol. The van der Waals surface area contributed by atoms with Crippen LogP contribution in [0.3, 0.4) is 0 Å². The number of carbonyl (C=O) groups is 1. The van der Waals surface area contributed by atoms with Gasteiger partial charge in [-0.2, -0.15) is 5.10 Å². The lowest BCUT2D eigenvalue weighted by molar-refractivity contribution is -0.121. The number of benzene rings is 2. The second-order valence-electron chi connectivity index (χ2n) is 7.14. The average Bonchev–Trinajstić information content (AvgIpc) is 3.14. The molecule has 0 amide bonds. The molecule has 0 N–H and O–H groups in total. The topological polar surface area (TPSA) is 53.3 Å². The molecule has 4 rings (SSSR count). The standard InChI is InChI=1S/C23H23FN2O3/c1-2-28-22(27)20-15-25-26(19-11-9-18(24)10-12-19)21(20)23(13-6-14-23)29-16-17-7-4-3-5-8-17/h3-5,7-12,15H,2,6,13-14,16H2,1H3. The van der Waals surface area contributed by atoms with Gasteiger partial charge in [-0.25, -0.2) is 13.9 Å². The van der Waals surface area contributed by atoms with Crippen LogP contribution in [0.15, 0.2) is 60.8 Å². The van der Waals surface area contributed by atoms with Crippen molar-refractivity contribution in [2.24, 2.45) is 0 Å². The van der Waals surface area contributed by atoms with Crippen LogP contribution in [0.25, 0.3) is 5.69 Å². The van der Waals surface area contributed by atoms with Gasteiger partial charge in [0.2, 0.25) is 0 Å². The Morgan fingerprint density at radius 1 is 1.14 bits per heavy atom. The van der Waals surface area contributed by atoms with Crippen molar-refractivity contribution in [3.05, 3.63) is 83.4 Å². The molecule has 29 heavy (non-hydrogen) atoms. The zero-order valence-corrected chi connectivity index (χ0v) is 16.3. The third-order valence-corrected chi connectivity index (χ3v) is 5.29. The second-order valence-corrected chi connectivity index (χ2v) is 7.14. The Labute approximate surface area is 169 Å². The Bertz CT molecular complexity index is 979. The Kier molecular flexibility index (Phi) is 5.45. The predicted octanol–water partition coefficient (Wildman–Crippen LogP) is 4.78. The van der Waals surface area contributed by atoms with E-state index in [0.717, 1.165) is 24.8 Å². The highest BCUT2D eigenvalue weighted by atomic mass is 19.1. The number of rotatable bonds is 7. The molecular formula is C23H23FN2O3. The quantitative estimate of drug-likeness (QED) is 0.541. The third kappa shape index (κ3) is 3.80. The van der Waals surface area contributed by atoms with Gasteiger partial charge in [0.25, 0.3) is 0 Å². The van der Waals surface area contributed by atoms with E-state index in [1.807, 2.05) is 30.3 Å². The van der Waals surface area contributed by atoms with Crippen LogP contribution in [0, 0.1) is 5.82 Å². The zero-order chi connectivity index (χ0) is 20.3. The highest BCUT2D eigenvalue weighted by Crippen LogP contribution is 2.47. The van der Waals surface area contributed by atoms with Crippen LogP contribution in [0.1, 0.15) is 47.8 Å². The number of esters is 1. The van der Waals surface area contributed by atoms with E-state index in [9.17, 15) is 9.18 Å². The molecule has 0 saturated heterocycles. The van der Waals surface area contributed by atoms with Crippen molar-refractivity contribution in [2.75, 3.05) is 6.61 Å². The van der Waals surface area contributed by atoms with Crippen molar-refractivity contribution in [3.8, 4) is 5.69 Å². The summed E-state index contributed by atoms with van der Waals surface area (Å²) in [7, 11) is 0. The number of carbonyl (C=O) groups excluding carboxylic acids is 1. The van der Waals surface area contributed by atoms with Crippen LogP contribution in [-0.4, -0.2) is 22.4 Å². The molecule has 0 radical (unpaired) electrons. The summed E-state index contributed by atoms with van der Waals surface area (Å²) in [6, 6.07) is 16.0. The molecule has 3 aromatic rings. The summed E-state index contributed by atoms with van der Waals surface area (Å²) < 4.78 is 26.8. The average molecular weight is 394 g/mol. The molecule has 2 aromatic carbocycles. The zero-order valence-electron chi connectivity index (χ0n) is 16.3. The smallest absolute Gasteiger partial charge is 0.341 e. The predicted molar refractivity (Wildman–Crippen MR) is 106 cm³/mol. The summed E-state index contributed by atoms with van der Waals surface area (Å²) in [5.74, 6) is -0.753. The molecular weight excluding hydrogens is 371 g/mol. The Morgan fingerprint density at radius 2 is 1.86 bits per heavy atom. The fraction of sp³-hybridized carbons (Fsp3) is 0.304. The van der Waals surface area contributed by atoms with Crippen molar-refractivity contribution in [1.82, 2.24) is 9.78 Å². The van der Waals surface area contributed by atoms with Gasteiger partial charge in [0.1, 0.15) is 17.0 Å². The highest BCUT2D eigenvalue weighted by Gasteiger charge is 2.46. The maximum absolute atomic E-state index is 13.4. The SMILES string of the molecule is CCOC(=O)c1cnn(-c2ccc(F)cc2)c1C1(OCc2ccccc2)CCC1. The summed E-state index contributed by atoms with van der Waals surface area (Å²) in [5, 5.41) is 4.44. The van der Waals surface area contributed by atoms with Crippen molar-refractivity contribution < 1.29 is 18.7 Å². The Hall–Kier alpha value is -2.99. The molecule has 1 aliphatic carbocycles. The summed E-state index contributed by atoms with van der Waals surface area (Å²) in [5.41, 5.74) is 2.16. The molecule has 1 fully saturated rings. The van der Waals surface area contributed by atoms with E-state index < -0.39 is 11.6 Å². The number of hydrogen-bond donors (Lipinski definition) is 0. The van der Waals surface area contributed by atoms with Crippen LogP contribution in [0.4, 0.5) is 4.39 Å². The molecule has 0 spiro atoms. The first-order chi connectivity index (χ1) is 14.1. The van der Waals surface area contributed by atoms with Crippen LogP contribution in [0.2, 0.25) is 0 Å². The third-order valence-electron chi connectivity index (χ3n) is 5.29. The molecule has 1 aromatic heterocycles. The van der Waals surface area contributed by atoms with Crippen molar-refractivity contribution in [1.29, 1.82) is 0 Å². The summed E-state index contributed by atoms with van der Waals surface area (Å²) >= 11 is 0.